The first-order chi connectivity index (χ1) is 8.31. The molecule has 0 saturated heterocycles. The minimum Gasteiger partial charge on any atom is -0.496 e. The van der Waals surface area contributed by atoms with Crippen LogP contribution in [0.4, 0.5) is 0 Å². The summed E-state index contributed by atoms with van der Waals surface area (Å²) in [5.41, 5.74) is 0.936. The summed E-state index contributed by atoms with van der Waals surface area (Å²) in [7, 11) is 1.63. The minimum atomic E-state index is 0.122. The molecule has 0 aromatic heterocycles. The normalized spacial score (nSPS) is 11.4. The van der Waals surface area contributed by atoms with E-state index in [0.717, 1.165) is 15.8 Å². The van der Waals surface area contributed by atoms with Crippen LogP contribution in [0.5, 0.6) is 5.75 Å². The lowest BCUT2D eigenvalue weighted by Gasteiger charge is -2.17. The van der Waals surface area contributed by atoms with Gasteiger partial charge in [0, 0.05) is 21.2 Å². The molecule has 100 valence electrons. The number of benzene rings is 1. The topological polar surface area (TPSA) is 26.3 Å². The van der Waals surface area contributed by atoms with Gasteiger partial charge in [0.2, 0.25) is 0 Å². The van der Waals surface area contributed by atoms with E-state index in [1.807, 2.05) is 18.2 Å². The molecular formula is C14H19BrO2S. The second kappa shape index (κ2) is 6.62. The van der Waals surface area contributed by atoms with Gasteiger partial charge in [-0.3, -0.25) is 4.79 Å². The van der Waals surface area contributed by atoms with Gasteiger partial charge in [0.25, 0.3) is 0 Å². The molecule has 0 amide bonds. The zero-order chi connectivity index (χ0) is 13.8. The monoisotopic (exact) mass is 330 g/mol. The Balaban J connectivity index is 2.66. The molecule has 0 radical (unpaired) electrons. The molecule has 0 spiro atoms. The average molecular weight is 331 g/mol. The Bertz CT molecular complexity index is 424. The molecule has 0 fully saturated rings. The Morgan fingerprint density at radius 2 is 2.06 bits per heavy atom. The lowest BCUT2D eigenvalue weighted by Crippen LogP contribution is -2.14. The molecule has 0 N–H and O–H groups in total. The Kier molecular flexibility index (Phi) is 5.73. The summed E-state index contributed by atoms with van der Waals surface area (Å²) >= 11 is 5.09. The van der Waals surface area contributed by atoms with E-state index in [2.05, 4.69) is 36.7 Å². The molecule has 0 saturated carbocycles. The molecule has 0 bridgehead atoms. The van der Waals surface area contributed by atoms with Crippen molar-refractivity contribution in [1.82, 2.24) is 0 Å². The van der Waals surface area contributed by atoms with Gasteiger partial charge in [-0.25, -0.2) is 0 Å². The minimum absolute atomic E-state index is 0.122. The van der Waals surface area contributed by atoms with Crippen LogP contribution in [0.15, 0.2) is 22.7 Å². The van der Waals surface area contributed by atoms with Crippen LogP contribution in [-0.4, -0.2) is 23.4 Å². The molecule has 0 aliphatic carbocycles. The number of hydrogen-bond donors (Lipinski definition) is 0. The molecule has 1 aromatic rings. The van der Waals surface area contributed by atoms with Crippen molar-refractivity contribution in [2.24, 2.45) is 0 Å². The number of carbonyl (C=O) groups excluding carboxylic acids is 1. The third-order valence-corrected chi connectivity index (χ3v) is 4.12. The Hall–Kier alpha value is -0.480. The molecule has 0 aliphatic rings. The molecule has 18 heavy (non-hydrogen) atoms. The maximum atomic E-state index is 11.9. The highest BCUT2D eigenvalue weighted by atomic mass is 79.9. The zero-order valence-corrected chi connectivity index (χ0v) is 13.7. The number of halogens is 1. The Morgan fingerprint density at radius 1 is 1.39 bits per heavy atom. The fourth-order valence-electron chi connectivity index (χ4n) is 1.45. The van der Waals surface area contributed by atoms with Gasteiger partial charge in [-0.05, 0) is 18.2 Å². The predicted octanol–water partition coefficient (Wildman–Crippen LogP) is 4.10. The van der Waals surface area contributed by atoms with E-state index in [9.17, 15) is 4.79 Å². The lowest BCUT2D eigenvalue weighted by atomic mass is 10.1. The number of carbonyl (C=O) groups is 1. The molecule has 0 heterocycles. The largest absolute Gasteiger partial charge is 0.496 e. The second-order valence-corrected chi connectivity index (χ2v) is 7.79. The van der Waals surface area contributed by atoms with Crippen molar-refractivity contribution < 1.29 is 9.53 Å². The van der Waals surface area contributed by atoms with Crippen LogP contribution in [0.3, 0.4) is 0 Å². The van der Waals surface area contributed by atoms with Crippen LogP contribution in [0.25, 0.3) is 0 Å². The van der Waals surface area contributed by atoms with Gasteiger partial charge in [-0.15, -0.1) is 11.8 Å². The standard InChI is InChI=1S/C14H19BrO2S/c1-14(2,3)18-9-12(16)8-10-7-11(15)5-6-13(10)17-4/h5-7H,8-9H2,1-4H3. The van der Waals surface area contributed by atoms with E-state index in [4.69, 9.17) is 4.74 Å². The molecule has 1 aromatic carbocycles. The van der Waals surface area contributed by atoms with E-state index in [-0.39, 0.29) is 10.5 Å². The highest BCUT2D eigenvalue weighted by Crippen LogP contribution is 2.26. The summed E-state index contributed by atoms with van der Waals surface area (Å²) in [6, 6.07) is 5.73. The van der Waals surface area contributed by atoms with Crippen LogP contribution >= 0.6 is 27.7 Å². The molecule has 0 unspecified atom stereocenters. The molecule has 0 aliphatic heterocycles. The van der Waals surface area contributed by atoms with Gasteiger partial charge < -0.3 is 4.74 Å². The third kappa shape index (κ3) is 5.44. The van der Waals surface area contributed by atoms with Gasteiger partial charge >= 0.3 is 0 Å². The summed E-state index contributed by atoms with van der Waals surface area (Å²) in [6.07, 6.45) is 0.422. The van der Waals surface area contributed by atoms with Gasteiger partial charge in [0.1, 0.15) is 11.5 Å². The summed E-state index contributed by atoms with van der Waals surface area (Å²) in [5, 5.41) is 0. The molecule has 4 heteroatoms. The van der Waals surface area contributed by atoms with Crippen LogP contribution < -0.4 is 4.74 Å². The van der Waals surface area contributed by atoms with Gasteiger partial charge in [0.15, 0.2) is 0 Å². The number of ketones is 1. The van der Waals surface area contributed by atoms with Crippen LogP contribution in [-0.2, 0) is 11.2 Å². The molecular weight excluding hydrogens is 312 g/mol. The number of methoxy groups -OCH3 is 1. The fraction of sp³-hybridized carbons (Fsp3) is 0.500. The number of thioether (sulfide) groups is 1. The van der Waals surface area contributed by atoms with Crippen molar-refractivity contribution in [3.8, 4) is 5.75 Å². The maximum absolute atomic E-state index is 11.9. The second-order valence-electron chi connectivity index (χ2n) is 5.07. The first-order valence-corrected chi connectivity index (χ1v) is 7.58. The average Bonchev–Trinajstić information content (AvgIpc) is 2.26. The summed E-state index contributed by atoms with van der Waals surface area (Å²) in [4.78, 5) is 11.9. The number of ether oxygens (including phenoxy) is 1. The summed E-state index contributed by atoms with van der Waals surface area (Å²) < 4.78 is 6.36. The number of Topliss-reactive ketones (excluding diaryl/α,β-unsaturated/α-hetero) is 1. The number of hydrogen-bond acceptors (Lipinski definition) is 3. The van der Waals surface area contributed by atoms with E-state index in [1.165, 1.54) is 0 Å². The van der Waals surface area contributed by atoms with E-state index in [1.54, 1.807) is 18.9 Å². The van der Waals surface area contributed by atoms with E-state index in [0.29, 0.717) is 12.2 Å². The van der Waals surface area contributed by atoms with E-state index < -0.39 is 0 Å². The maximum Gasteiger partial charge on any atom is 0.147 e. The molecule has 0 atom stereocenters. The van der Waals surface area contributed by atoms with Crippen molar-refractivity contribution in [2.45, 2.75) is 31.9 Å². The highest BCUT2D eigenvalue weighted by molar-refractivity contribution is 9.10. The smallest absolute Gasteiger partial charge is 0.147 e. The van der Waals surface area contributed by atoms with Crippen LogP contribution in [0.2, 0.25) is 0 Å². The van der Waals surface area contributed by atoms with Crippen molar-refractivity contribution in [1.29, 1.82) is 0 Å². The van der Waals surface area contributed by atoms with Crippen molar-refractivity contribution in [2.75, 3.05) is 12.9 Å². The summed E-state index contributed by atoms with van der Waals surface area (Å²) in [5.74, 6) is 1.54. The van der Waals surface area contributed by atoms with Gasteiger partial charge in [-0.1, -0.05) is 36.7 Å². The first kappa shape index (κ1) is 15.6. The van der Waals surface area contributed by atoms with Crippen LogP contribution in [0, 0.1) is 0 Å². The highest BCUT2D eigenvalue weighted by Gasteiger charge is 2.15. The molecule has 1 rings (SSSR count). The fourth-order valence-corrected chi connectivity index (χ4v) is 2.55. The van der Waals surface area contributed by atoms with Crippen molar-refractivity contribution in [3.63, 3.8) is 0 Å². The predicted molar refractivity (Wildman–Crippen MR) is 81.6 cm³/mol. The lowest BCUT2D eigenvalue weighted by molar-refractivity contribution is -0.116. The van der Waals surface area contributed by atoms with Crippen molar-refractivity contribution in [3.05, 3.63) is 28.2 Å². The Morgan fingerprint density at radius 3 is 2.61 bits per heavy atom. The van der Waals surface area contributed by atoms with E-state index >= 15 is 0 Å². The van der Waals surface area contributed by atoms with Crippen LogP contribution in [0.1, 0.15) is 26.3 Å². The number of rotatable bonds is 5. The quantitative estimate of drug-likeness (QED) is 0.812. The van der Waals surface area contributed by atoms with Gasteiger partial charge in [0.05, 0.1) is 12.9 Å². The third-order valence-electron chi connectivity index (χ3n) is 2.30. The Labute approximate surface area is 122 Å². The van der Waals surface area contributed by atoms with Crippen molar-refractivity contribution >= 4 is 33.5 Å². The van der Waals surface area contributed by atoms with Gasteiger partial charge in [-0.2, -0.15) is 0 Å². The summed E-state index contributed by atoms with van der Waals surface area (Å²) in [6.45, 7) is 6.35. The zero-order valence-electron chi connectivity index (χ0n) is 11.2. The first-order valence-electron chi connectivity index (χ1n) is 5.80. The SMILES string of the molecule is COc1ccc(Br)cc1CC(=O)CSC(C)(C)C. The molecule has 2 nitrogen and oxygen atoms in total.